The number of ketones is 1. The molecule has 186 valence electrons. The molecule has 0 saturated heterocycles. The van der Waals surface area contributed by atoms with Gasteiger partial charge in [0.05, 0.1) is 35.2 Å². The first kappa shape index (κ1) is 27.6. The molecule has 0 radical (unpaired) electrons. The number of carbonyl (C=O) groups is 1. The molecule has 1 heterocycles. The molecule has 0 N–H and O–H groups in total. The van der Waals surface area contributed by atoms with Crippen molar-refractivity contribution in [3.63, 3.8) is 0 Å². The molecule has 1 fully saturated rings. The lowest BCUT2D eigenvalue weighted by atomic mass is 9.90. The number of halogens is 2. The Labute approximate surface area is 198 Å². The van der Waals surface area contributed by atoms with Crippen molar-refractivity contribution < 1.29 is 18.3 Å². The summed E-state index contributed by atoms with van der Waals surface area (Å²) in [5, 5.41) is 0. The molecule has 0 amide bonds. The summed E-state index contributed by atoms with van der Waals surface area (Å²) in [4.78, 5) is 21.4. The zero-order valence-electron chi connectivity index (χ0n) is 21.6. The lowest BCUT2D eigenvalue weighted by Crippen LogP contribution is -2.27. The summed E-state index contributed by atoms with van der Waals surface area (Å²) in [6.07, 6.45) is 9.70. The third-order valence-electron chi connectivity index (χ3n) is 6.68. The topological polar surface area (TPSA) is 52.1 Å². The van der Waals surface area contributed by atoms with E-state index in [9.17, 15) is 13.6 Å². The van der Waals surface area contributed by atoms with E-state index in [0.29, 0.717) is 47.8 Å². The zero-order chi connectivity index (χ0) is 24.9. The summed E-state index contributed by atoms with van der Waals surface area (Å²) in [7, 11) is 0. The summed E-state index contributed by atoms with van der Waals surface area (Å²) in [6.45, 7) is 13.7. The van der Waals surface area contributed by atoms with Crippen LogP contribution in [0.3, 0.4) is 0 Å². The van der Waals surface area contributed by atoms with E-state index in [4.69, 9.17) is 4.74 Å². The molecular formula is C27H42F2N2O2. The molecule has 1 aromatic heterocycles. The molecule has 0 unspecified atom stereocenters. The monoisotopic (exact) mass is 464 g/mol. The number of ether oxygens (including phenoxy) is 1. The normalized spacial score (nSPS) is 17.2. The first-order valence-corrected chi connectivity index (χ1v) is 12.4. The number of carbonyl (C=O) groups excluding carboxylic acids is 1. The SMILES string of the molecule is CCC[C@H](CCCCC(=O)c1cnc(/C=C(\C)C2(C(C)(F)F)CC2)c(C)n1)COC(C)(C)C. The number of hydrogen-bond donors (Lipinski definition) is 0. The Bertz CT molecular complexity index is 834. The summed E-state index contributed by atoms with van der Waals surface area (Å²) < 4.78 is 33.9. The third kappa shape index (κ3) is 7.94. The van der Waals surface area contributed by atoms with Crippen molar-refractivity contribution in [3.05, 3.63) is 28.9 Å². The first-order valence-electron chi connectivity index (χ1n) is 12.4. The molecule has 0 aliphatic heterocycles. The van der Waals surface area contributed by atoms with Crippen molar-refractivity contribution in [1.29, 1.82) is 0 Å². The highest BCUT2D eigenvalue weighted by Crippen LogP contribution is 2.61. The highest BCUT2D eigenvalue weighted by molar-refractivity contribution is 5.94. The van der Waals surface area contributed by atoms with E-state index in [2.05, 4.69) is 37.7 Å². The van der Waals surface area contributed by atoms with Gasteiger partial charge in [-0.15, -0.1) is 0 Å². The van der Waals surface area contributed by atoms with Gasteiger partial charge in [0.15, 0.2) is 5.78 Å². The Morgan fingerprint density at radius 1 is 1.21 bits per heavy atom. The van der Waals surface area contributed by atoms with E-state index < -0.39 is 11.3 Å². The van der Waals surface area contributed by atoms with E-state index >= 15 is 0 Å². The van der Waals surface area contributed by atoms with Crippen LogP contribution in [0.2, 0.25) is 0 Å². The van der Waals surface area contributed by atoms with Crippen LogP contribution in [0.1, 0.15) is 115 Å². The quantitative estimate of drug-likeness (QED) is 0.223. The van der Waals surface area contributed by atoms with Gasteiger partial charge in [-0.2, -0.15) is 0 Å². The number of rotatable bonds is 13. The van der Waals surface area contributed by atoms with Gasteiger partial charge in [0, 0.05) is 13.3 Å². The Morgan fingerprint density at radius 3 is 2.39 bits per heavy atom. The first-order chi connectivity index (χ1) is 15.3. The van der Waals surface area contributed by atoms with Crippen LogP contribution in [0.15, 0.2) is 11.8 Å². The molecule has 0 spiro atoms. The highest BCUT2D eigenvalue weighted by atomic mass is 19.3. The van der Waals surface area contributed by atoms with Gasteiger partial charge in [-0.3, -0.25) is 9.78 Å². The van der Waals surface area contributed by atoms with E-state index in [0.717, 1.165) is 45.6 Å². The standard InChI is InChI=1S/C27H42F2N2O2/c1-8-11-21(18-33-25(4,5)6)12-9-10-13-24(32)23-17-30-22(20(3)31-23)16-19(2)27(14-15-27)26(7,28)29/h16-17,21H,8-15,18H2,1-7H3/b19-16+/t21-/m1/s1. The summed E-state index contributed by atoms with van der Waals surface area (Å²) in [5.74, 6) is -2.25. The fourth-order valence-electron chi connectivity index (χ4n) is 4.35. The van der Waals surface area contributed by atoms with E-state index in [-0.39, 0.29) is 11.4 Å². The van der Waals surface area contributed by atoms with Gasteiger partial charge in [-0.1, -0.05) is 25.3 Å². The number of hydrogen-bond acceptors (Lipinski definition) is 4. The average Bonchev–Trinajstić information content (AvgIpc) is 3.52. The molecule has 1 aliphatic carbocycles. The van der Waals surface area contributed by atoms with Gasteiger partial charge in [0.1, 0.15) is 5.69 Å². The predicted octanol–water partition coefficient (Wildman–Crippen LogP) is 7.60. The second-order valence-corrected chi connectivity index (χ2v) is 10.8. The Morgan fingerprint density at radius 2 is 1.88 bits per heavy atom. The van der Waals surface area contributed by atoms with Crippen LogP contribution in [0.4, 0.5) is 8.78 Å². The Balaban J connectivity index is 1.89. The Hall–Kier alpha value is -1.69. The summed E-state index contributed by atoms with van der Waals surface area (Å²) >= 11 is 0. The number of alkyl halides is 2. The predicted molar refractivity (Wildman–Crippen MR) is 130 cm³/mol. The summed E-state index contributed by atoms with van der Waals surface area (Å²) in [6, 6.07) is 0. The molecule has 4 nitrogen and oxygen atoms in total. The second-order valence-electron chi connectivity index (χ2n) is 10.8. The number of Topliss-reactive ketones (excluding diaryl/α,β-unsaturated/α-hetero) is 1. The maximum absolute atomic E-state index is 14.0. The van der Waals surface area contributed by atoms with E-state index in [1.54, 1.807) is 19.9 Å². The molecule has 1 saturated carbocycles. The van der Waals surface area contributed by atoms with Crippen LogP contribution in [-0.2, 0) is 4.74 Å². The largest absolute Gasteiger partial charge is 0.376 e. The molecule has 1 aliphatic rings. The van der Waals surface area contributed by atoms with Crippen molar-refractivity contribution in [2.75, 3.05) is 6.61 Å². The fraction of sp³-hybridized carbons (Fsp3) is 0.741. The maximum atomic E-state index is 14.0. The van der Waals surface area contributed by atoms with Gasteiger partial charge in [-0.25, -0.2) is 13.8 Å². The molecule has 1 aromatic rings. The molecular weight excluding hydrogens is 422 g/mol. The molecule has 1 atom stereocenters. The highest BCUT2D eigenvalue weighted by Gasteiger charge is 2.59. The number of nitrogens with zero attached hydrogens (tertiary/aromatic N) is 2. The lowest BCUT2D eigenvalue weighted by Gasteiger charge is -2.24. The van der Waals surface area contributed by atoms with Crippen molar-refractivity contribution in [3.8, 4) is 0 Å². The molecule has 2 rings (SSSR count). The smallest absolute Gasteiger partial charge is 0.254 e. The van der Waals surface area contributed by atoms with Crippen molar-refractivity contribution in [2.24, 2.45) is 11.3 Å². The van der Waals surface area contributed by atoms with E-state index in [1.807, 2.05) is 0 Å². The van der Waals surface area contributed by atoms with Crippen LogP contribution in [0, 0.1) is 18.3 Å². The lowest BCUT2D eigenvalue weighted by molar-refractivity contribution is -0.0378. The third-order valence-corrected chi connectivity index (χ3v) is 6.68. The van der Waals surface area contributed by atoms with Gasteiger partial charge in [0.2, 0.25) is 0 Å². The van der Waals surface area contributed by atoms with Gasteiger partial charge in [-0.05, 0) is 78.7 Å². The molecule has 33 heavy (non-hydrogen) atoms. The minimum absolute atomic E-state index is 0.0189. The molecule has 0 bridgehead atoms. The van der Waals surface area contributed by atoms with Gasteiger partial charge < -0.3 is 4.74 Å². The van der Waals surface area contributed by atoms with Crippen LogP contribution < -0.4 is 0 Å². The van der Waals surface area contributed by atoms with Gasteiger partial charge in [0.25, 0.3) is 5.92 Å². The molecule has 6 heteroatoms. The summed E-state index contributed by atoms with van der Waals surface area (Å²) in [5.41, 5.74) is 0.950. The number of unbranched alkanes of at least 4 members (excludes halogenated alkanes) is 1. The van der Waals surface area contributed by atoms with Gasteiger partial charge >= 0.3 is 0 Å². The van der Waals surface area contributed by atoms with Crippen LogP contribution >= 0.6 is 0 Å². The minimum Gasteiger partial charge on any atom is -0.376 e. The van der Waals surface area contributed by atoms with Crippen molar-refractivity contribution >= 4 is 11.9 Å². The average molecular weight is 465 g/mol. The van der Waals surface area contributed by atoms with Crippen LogP contribution in [0.5, 0.6) is 0 Å². The molecule has 0 aromatic carbocycles. The van der Waals surface area contributed by atoms with Crippen LogP contribution in [0.25, 0.3) is 6.08 Å². The maximum Gasteiger partial charge on any atom is 0.254 e. The fourth-order valence-corrected chi connectivity index (χ4v) is 4.35. The van der Waals surface area contributed by atoms with E-state index in [1.165, 1.54) is 6.20 Å². The second kappa shape index (κ2) is 11.2. The Kier molecular flexibility index (Phi) is 9.32. The van der Waals surface area contributed by atoms with Crippen molar-refractivity contribution in [2.45, 2.75) is 111 Å². The number of allylic oxidation sites excluding steroid dienone is 1. The number of aromatic nitrogens is 2. The minimum atomic E-state index is -2.75. The zero-order valence-corrected chi connectivity index (χ0v) is 21.6. The number of aryl methyl sites for hydroxylation is 1. The van der Waals surface area contributed by atoms with Crippen LogP contribution in [-0.4, -0.2) is 33.9 Å². The van der Waals surface area contributed by atoms with Crippen molar-refractivity contribution in [1.82, 2.24) is 9.97 Å².